The van der Waals surface area contributed by atoms with Crippen LogP contribution in [0.4, 0.5) is 0 Å². The molecule has 0 aliphatic rings. The summed E-state index contributed by atoms with van der Waals surface area (Å²) in [5.74, 6) is -18.4. The van der Waals surface area contributed by atoms with Crippen molar-refractivity contribution in [3.05, 3.63) is 102 Å². The van der Waals surface area contributed by atoms with Crippen molar-refractivity contribution in [3.8, 4) is 5.75 Å². The topological polar surface area (TPSA) is 631 Å². The van der Waals surface area contributed by atoms with Crippen LogP contribution in [0.2, 0.25) is 0 Å². The number of carbonyl (C=O) groups excluding carboxylic acids is 16. The number of fused-ring (bicyclic) bond motifs is 2. The minimum Gasteiger partial charge on any atom is -0.508 e. The van der Waals surface area contributed by atoms with Crippen LogP contribution in [0.15, 0.2) is 85.2 Å². The van der Waals surface area contributed by atoms with Crippen molar-refractivity contribution < 1.29 is 96.8 Å². The van der Waals surface area contributed by atoms with E-state index in [4.69, 9.17) is 35.6 Å². The molecule has 0 saturated carbocycles. The molecule has 0 radical (unpaired) electrons. The zero-order valence-electron chi connectivity index (χ0n) is 64.8. The molecule has 0 spiro atoms. The Morgan fingerprint density at radius 1 is 0.417 bits per heavy atom. The van der Waals surface area contributed by atoms with E-state index in [0.717, 1.165) is 13.8 Å². The average Bonchev–Trinajstić information content (AvgIpc) is 1.54. The van der Waals surface area contributed by atoms with Crippen molar-refractivity contribution in [2.75, 3.05) is 6.54 Å². The van der Waals surface area contributed by atoms with Crippen LogP contribution in [0.25, 0.3) is 21.8 Å². The molecule has 626 valence electrons. The van der Waals surface area contributed by atoms with Crippen LogP contribution in [0.5, 0.6) is 5.75 Å². The summed E-state index contributed by atoms with van der Waals surface area (Å²) in [5.41, 5.74) is 23.9. The molecule has 0 aliphatic heterocycles. The number of hydrogen-bond acceptors (Lipinski definition) is 21. The maximum absolute atomic E-state index is 15.3. The number of aromatic nitrogens is 2. The van der Waals surface area contributed by atoms with E-state index in [1.54, 1.807) is 68.6 Å². The molecule has 0 unspecified atom stereocenters. The number of para-hydroxylation sites is 2. The predicted molar refractivity (Wildman–Crippen MR) is 424 cm³/mol. The third-order valence-electron chi connectivity index (χ3n) is 18.2. The summed E-state index contributed by atoms with van der Waals surface area (Å²) in [6, 6.07) is 0.365. The first-order chi connectivity index (χ1) is 53.8. The lowest BCUT2D eigenvalue weighted by Gasteiger charge is -2.33. The van der Waals surface area contributed by atoms with E-state index in [-0.39, 0.29) is 37.4 Å². The fraction of sp³-hybridized carbons (Fsp3) is 0.480. The normalized spacial score (nSPS) is 14.6. The maximum atomic E-state index is 15.3. The highest BCUT2D eigenvalue weighted by atomic mass is 32.1. The number of aromatic amines is 2. The predicted octanol–water partition coefficient (Wildman–Crippen LogP) is -3.16. The number of carbonyl (C=O) groups is 17. The number of aromatic hydroxyl groups is 1. The van der Waals surface area contributed by atoms with E-state index in [9.17, 15) is 72.9 Å². The first kappa shape index (κ1) is 93.8. The molecule has 0 aliphatic carbocycles. The number of carboxylic acid groups (broad SMARTS) is 1. The SMILES string of the molecule is CC(=O)N[C@H](C(=O)N[C@@H](CCC(N)=O)C(=O)N[C@H](C(=O)N[C@@H](Cc1c[nH]c2ccccc12)C(=O)N[C@@H](CCC(N)=O)C(=O)N[C@H](C(=O)N[C@@H](Cc1ccc(O)cc1)C(=O)N[C@@H](Cc1c[nH]c2ccccc12)C(=O)N[C@@H](CCC(C)C)C(=O)N[C@@H](CCC(=O)O)C(=O)N[C@@H](CC(N)=O)C(=O)NCC(N)=O)C(C)(C)S)[C@@H](C)O)C(C)(C)S. The molecule has 5 aromatic rings. The minimum absolute atomic E-state index is 0.138. The monoisotopic (exact) mass is 1640 g/mol. The van der Waals surface area contributed by atoms with Gasteiger partial charge in [-0.05, 0) is 114 Å². The fourth-order valence-corrected chi connectivity index (χ4v) is 12.4. The number of nitrogens with one attached hydrogen (secondary N) is 14. The number of H-pyrrole nitrogens is 2. The van der Waals surface area contributed by atoms with E-state index < -0.39 is 240 Å². The van der Waals surface area contributed by atoms with Crippen LogP contribution in [-0.2, 0) is 101 Å². The lowest BCUT2D eigenvalue weighted by Crippen LogP contribution is -2.64. The Bertz CT molecular complexity index is 4370. The van der Waals surface area contributed by atoms with Crippen molar-refractivity contribution in [2.24, 2.45) is 28.9 Å². The molecule has 2 heterocycles. The van der Waals surface area contributed by atoms with Crippen LogP contribution in [0.3, 0.4) is 0 Å². The number of amides is 16. The first-order valence-corrected chi connectivity index (χ1v) is 37.7. The van der Waals surface area contributed by atoms with E-state index in [1.807, 2.05) is 0 Å². The number of benzene rings is 3. The van der Waals surface area contributed by atoms with Crippen LogP contribution < -0.4 is 86.7 Å². The fourth-order valence-electron chi connectivity index (χ4n) is 12.0. The Kier molecular flexibility index (Phi) is 35.4. The summed E-state index contributed by atoms with van der Waals surface area (Å²) < 4.78 is -2.85. The summed E-state index contributed by atoms with van der Waals surface area (Å²) in [6.07, 6.45) is -3.91. The zero-order valence-corrected chi connectivity index (χ0v) is 66.6. The average molecular weight is 1640 g/mol. The van der Waals surface area contributed by atoms with Gasteiger partial charge in [-0.3, -0.25) is 81.5 Å². The number of phenols is 1. The smallest absolute Gasteiger partial charge is 0.303 e. The molecule has 25 N–H and O–H groups in total. The second kappa shape index (κ2) is 43.4. The summed E-state index contributed by atoms with van der Waals surface area (Å²) in [5, 5.41) is 62.0. The van der Waals surface area contributed by atoms with Gasteiger partial charge in [0.15, 0.2) is 0 Å². The summed E-state index contributed by atoms with van der Waals surface area (Å²) >= 11 is 9.12. The van der Waals surface area contributed by atoms with Crippen LogP contribution >= 0.6 is 25.3 Å². The summed E-state index contributed by atoms with van der Waals surface area (Å²) in [4.78, 5) is 238. The molecule has 5 rings (SSSR count). The second-order valence-electron chi connectivity index (χ2n) is 29.4. The Hall–Kier alpha value is -11.8. The number of aliphatic carboxylic acids is 1. The van der Waals surface area contributed by atoms with E-state index in [1.165, 1.54) is 58.2 Å². The van der Waals surface area contributed by atoms with Crippen molar-refractivity contribution in [1.82, 2.24) is 73.8 Å². The van der Waals surface area contributed by atoms with Crippen molar-refractivity contribution in [2.45, 2.75) is 214 Å². The quantitative estimate of drug-likeness (QED) is 0.0171. The molecule has 3 aromatic carbocycles. The number of phenolic OH excluding ortho intramolecular Hbond substituents is 1. The second-order valence-corrected chi connectivity index (χ2v) is 31.7. The summed E-state index contributed by atoms with van der Waals surface area (Å²) in [7, 11) is 0. The number of carboxylic acids is 1. The molecular weight excluding hydrogens is 1540 g/mol. The number of rotatable bonds is 47. The van der Waals surface area contributed by atoms with Crippen molar-refractivity contribution in [3.63, 3.8) is 0 Å². The zero-order chi connectivity index (χ0) is 85.9. The number of hydrogen-bond donors (Lipinski definition) is 23. The standard InChI is InChI=1S/C75H104N18O20S2/c1-36(2)17-22-47(64(104)84-50(25-28-59(101)102)65(105)89-54(32-57(78)99)63(103)82-35-58(79)100)85-69(109)52(30-40-33-80-45-15-11-9-13-43(40)45)88-68(108)51(29-39-18-20-42(96)21-19-39)91-73(113)62(75(7,8)115)93-67(107)49(24-27-56(77)98)86-70(110)53(31-41-34-81-46-16-12-10-14-44(41)46)90-71(111)60(37(3)94)92-66(106)48(23-26-55(76)97)87-72(112)61(74(5,6)114)83-38(4)95/h9-16,18-21,33-34,36-37,47-54,60-62,80-81,94,96,114-115H,17,22-32,35H2,1-8H3,(H2,76,97)(H2,77,98)(H2,78,99)(H2,79,100)(H,82,103)(H,83,95)(H,84,104)(H,85,109)(H,86,110)(H,87,112)(H,88,108)(H,89,105)(H,90,111)(H,91,113)(H,92,106)(H,93,107)(H,101,102)/t37-,47+,48+,49+,50+,51+,52+,53+,54+,60+,61-,62-/m1/s1. The van der Waals surface area contributed by atoms with Gasteiger partial charge in [0, 0.05) is 89.1 Å². The Morgan fingerprint density at radius 3 is 1.21 bits per heavy atom. The van der Waals surface area contributed by atoms with Crippen LogP contribution in [-0.4, -0.2) is 214 Å². The van der Waals surface area contributed by atoms with Crippen molar-refractivity contribution >= 4 is 148 Å². The van der Waals surface area contributed by atoms with Gasteiger partial charge in [0.05, 0.1) is 19.1 Å². The van der Waals surface area contributed by atoms with Gasteiger partial charge in [-0.15, -0.1) is 0 Å². The van der Waals surface area contributed by atoms with Crippen LogP contribution in [0, 0.1) is 5.92 Å². The number of aliphatic hydroxyl groups excluding tert-OH is 1. The molecular formula is C75H104N18O20S2. The number of thiol groups is 2. The minimum atomic E-state index is -1.94. The third kappa shape index (κ3) is 30.6. The lowest BCUT2D eigenvalue weighted by molar-refractivity contribution is -0.139. The van der Waals surface area contributed by atoms with Gasteiger partial charge in [-0.1, -0.05) is 62.4 Å². The highest BCUT2D eigenvalue weighted by Gasteiger charge is 2.42. The summed E-state index contributed by atoms with van der Waals surface area (Å²) in [6.45, 7) is 10.9. The molecule has 2 aromatic heterocycles. The maximum Gasteiger partial charge on any atom is 0.303 e. The Morgan fingerprint density at radius 2 is 0.791 bits per heavy atom. The van der Waals surface area contributed by atoms with Crippen molar-refractivity contribution in [1.29, 1.82) is 0 Å². The molecule has 115 heavy (non-hydrogen) atoms. The first-order valence-electron chi connectivity index (χ1n) is 36.8. The van der Waals surface area contributed by atoms with E-state index in [0.29, 0.717) is 38.5 Å². The molecule has 16 amide bonds. The molecule has 0 bridgehead atoms. The van der Waals surface area contributed by atoms with Gasteiger partial charge in [0.1, 0.15) is 72.2 Å². The number of aliphatic hydroxyl groups is 1. The molecule has 12 atom stereocenters. The third-order valence-corrected chi connectivity index (χ3v) is 18.7. The Labute approximate surface area is 672 Å². The Balaban J connectivity index is 1.52. The van der Waals surface area contributed by atoms with Crippen LogP contribution in [0.1, 0.15) is 130 Å². The number of nitrogens with two attached hydrogens (primary N) is 4. The largest absolute Gasteiger partial charge is 0.508 e. The molecule has 40 heteroatoms. The highest BCUT2D eigenvalue weighted by Crippen LogP contribution is 2.25. The van der Waals surface area contributed by atoms with Gasteiger partial charge < -0.3 is 112 Å². The van der Waals surface area contributed by atoms with E-state index in [2.05, 4.69) is 86.4 Å². The highest BCUT2D eigenvalue weighted by molar-refractivity contribution is 7.82. The lowest BCUT2D eigenvalue weighted by atomic mass is 9.98. The number of primary amides is 4. The molecule has 38 nitrogen and oxygen atoms in total. The van der Waals surface area contributed by atoms with Gasteiger partial charge in [-0.25, -0.2) is 0 Å². The van der Waals surface area contributed by atoms with E-state index >= 15 is 24.0 Å². The molecule has 0 fully saturated rings. The molecule has 0 saturated heterocycles. The van der Waals surface area contributed by atoms with Gasteiger partial charge in [0.25, 0.3) is 0 Å². The van der Waals surface area contributed by atoms with Gasteiger partial charge in [-0.2, -0.15) is 25.3 Å². The van der Waals surface area contributed by atoms with Gasteiger partial charge in [0.2, 0.25) is 94.5 Å². The van der Waals surface area contributed by atoms with Gasteiger partial charge >= 0.3 is 5.97 Å².